The highest BCUT2D eigenvalue weighted by Crippen LogP contribution is 2.17. The molecule has 0 radical (unpaired) electrons. The first kappa shape index (κ1) is 10.9. The summed E-state index contributed by atoms with van der Waals surface area (Å²) in [6.07, 6.45) is -0.0740. The van der Waals surface area contributed by atoms with Gasteiger partial charge >= 0.3 is 0 Å². The Bertz CT molecular complexity index is 300. The zero-order valence-electron chi connectivity index (χ0n) is 7.84. The lowest BCUT2D eigenvalue weighted by atomic mass is 10.3. The van der Waals surface area contributed by atoms with Gasteiger partial charge in [0.25, 0.3) is 0 Å². The first-order chi connectivity index (χ1) is 6.59. The van der Waals surface area contributed by atoms with E-state index in [-0.39, 0.29) is 12.4 Å². The summed E-state index contributed by atoms with van der Waals surface area (Å²) < 4.78 is 30.4. The maximum Gasteiger partial charge on any atom is 0.167 e. The molecule has 0 aliphatic rings. The number of aliphatic hydroxyl groups is 1. The second kappa shape index (κ2) is 4.91. The van der Waals surface area contributed by atoms with Crippen LogP contribution in [0.25, 0.3) is 0 Å². The van der Waals surface area contributed by atoms with Crippen molar-refractivity contribution in [1.82, 2.24) is 0 Å². The quantitative estimate of drug-likeness (QED) is 0.810. The molecule has 78 valence electrons. The Morgan fingerprint density at radius 3 is 2.71 bits per heavy atom. The Labute approximate surface area is 81.1 Å². The van der Waals surface area contributed by atoms with Gasteiger partial charge in [0.05, 0.1) is 12.7 Å². The van der Waals surface area contributed by atoms with Crippen LogP contribution in [-0.2, 0) is 0 Å². The van der Waals surface area contributed by atoms with Crippen molar-refractivity contribution in [2.24, 2.45) is 0 Å². The van der Waals surface area contributed by atoms with Crippen molar-refractivity contribution in [3.63, 3.8) is 0 Å². The van der Waals surface area contributed by atoms with Crippen LogP contribution >= 0.6 is 0 Å². The third-order valence-corrected chi connectivity index (χ3v) is 1.69. The van der Waals surface area contributed by atoms with Crippen LogP contribution in [0.1, 0.15) is 13.3 Å². The molecule has 0 amide bonds. The second-order valence-corrected chi connectivity index (χ2v) is 3.06. The largest absolute Gasteiger partial charge is 0.490 e. The molecule has 1 aromatic carbocycles. The maximum atomic E-state index is 12.9. The third-order valence-electron chi connectivity index (χ3n) is 1.69. The lowest BCUT2D eigenvalue weighted by Crippen LogP contribution is -2.08. The van der Waals surface area contributed by atoms with Gasteiger partial charge in [0.15, 0.2) is 11.6 Å². The molecule has 0 aromatic heterocycles. The van der Waals surface area contributed by atoms with Crippen LogP contribution in [0.15, 0.2) is 18.2 Å². The summed E-state index contributed by atoms with van der Waals surface area (Å²) in [4.78, 5) is 0. The average Bonchev–Trinajstić information content (AvgIpc) is 2.08. The van der Waals surface area contributed by atoms with Gasteiger partial charge in [-0.1, -0.05) is 0 Å². The first-order valence-electron chi connectivity index (χ1n) is 4.35. The van der Waals surface area contributed by atoms with Gasteiger partial charge in [-0.25, -0.2) is 8.78 Å². The molecular formula is C10H12F2O2. The molecule has 0 saturated heterocycles. The fourth-order valence-electron chi connectivity index (χ4n) is 0.932. The van der Waals surface area contributed by atoms with E-state index in [0.717, 1.165) is 12.1 Å². The monoisotopic (exact) mass is 202 g/mol. The summed E-state index contributed by atoms with van der Waals surface area (Å²) in [5.41, 5.74) is 0. The predicted molar refractivity (Wildman–Crippen MR) is 48.2 cm³/mol. The molecule has 0 aliphatic heterocycles. The van der Waals surface area contributed by atoms with Gasteiger partial charge in [-0.15, -0.1) is 0 Å². The van der Waals surface area contributed by atoms with E-state index in [1.807, 2.05) is 0 Å². The molecule has 0 fully saturated rings. The summed E-state index contributed by atoms with van der Waals surface area (Å²) in [6, 6.07) is 3.12. The summed E-state index contributed by atoms with van der Waals surface area (Å²) in [6.45, 7) is 1.82. The molecule has 4 heteroatoms. The number of hydrogen-bond acceptors (Lipinski definition) is 2. The van der Waals surface area contributed by atoms with E-state index < -0.39 is 17.7 Å². The lowest BCUT2D eigenvalue weighted by molar-refractivity contribution is 0.154. The SMILES string of the molecule is CC(O)CCOc1ccc(F)cc1F. The van der Waals surface area contributed by atoms with Gasteiger partial charge in [0.2, 0.25) is 0 Å². The Kier molecular flexibility index (Phi) is 3.83. The standard InChI is InChI=1S/C10H12F2O2/c1-7(13)4-5-14-10-3-2-8(11)6-9(10)12/h2-3,6-7,13H,4-5H2,1H3. The highest BCUT2D eigenvalue weighted by molar-refractivity contribution is 5.24. The molecule has 1 atom stereocenters. The van der Waals surface area contributed by atoms with Crippen LogP contribution < -0.4 is 4.74 Å². The Morgan fingerprint density at radius 2 is 2.14 bits per heavy atom. The first-order valence-corrected chi connectivity index (χ1v) is 4.35. The van der Waals surface area contributed by atoms with Crippen LogP contribution in [0.2, 0.25) is 0 Å². The topological polar surface area (TPSA) is 29.5 Å². The fourth-order valence-corrected chi connectivity index (χ4v) is 0.932. The fraction of sp³-hybridized carbons (Fsp3) is 0.400. The highest BCUT2D eigenvalue weighted by Gasteiger charge is 2.04. The molecule has 0 bridgehead atoms. The van der Waals surface area contributed by atoms with E-state index in [9.17, 15) is 8.78 Å². The van der Waals surface area contributed by atoms with Gasteiger partial charge in [-0.3, -0.25) is 0 Å². The Balaban J connectivity index is 2.51. The molecule has 1 unspecified atom stereocenters. The lowest BCUT2D eigenvalue weighted by Gasteiger charge is -2.08. The number of aliphatic hydroxyl groups excluding tert-OH is 1. The van der Waals surface area contributed by atoms with Crippen molar-refractivity contribution in [1.29, 1.82) is 0 Å². The summed E-state index contributed by atoms with van der Waals surface area (Å²) in [5, 5.41) is 8.91. The van der Waals surface area contributed by atoms with Crippen LogP contribution in [0.5, 0.6) is 5.75 Å². The van der Waals surface area contributed by atoms with Crippen LogP contribution in [-0.4, -0.2) is 17.8 Å². The molecule has 14 heavy (non-hydrogen) atoms. The number of rotatable bonds is 4. The number of benzene rings is 1. The maximum absolute atomic E-state index is 12.9. The molecule has 0 aliphatic carbocycles. The smallest absolute Gasteiger partial charge is 0.167 e. The van der Waals surface area contributed by atoms with E-state index in [4.69, 9.17) is 9.84 Å². The zero-order chi connectivity index (χ0) is 10.6. The van der Waals surface area contributed by atoms with Crippen LogP contribution in [0, 0.1) is 11.6 Å². The van der Waals surface area contributed by atoms with Gasteiger partial charge in [-0.2, -0.15) is 0 Å². The molecule has 0 saturated carbocycles. The minimum Gasteiger partial charge on any atom is -0.490 e. The minimum absolute atomic E-state index is 0.00653. The van der Waals surface area contributed by atoms with Gasteiger partial charge in [0, 0.05) is 12.5 Å². The number of halogens is 2. The second-order valence-electron chi connectivity index (χ2n) is 3.06. The van der Waals surface area contributed by atoms with Crippen LogP contribution in [0.4, 0.5) is 8.78 Å². The third kappa shape index (κ3) is 3.30. The van der Waals surface area contributed by atoms with Gasteiger partial charge < -0.3 is 9.84 Å². The molecule has 1 aromatic rings. The summed E-state index contributed by atoms with van der Waals surface area (Å²) >= 11 is 0. The normalized spacial score (nSPS) is 12.6. The van der Waals surface area contributed by atoms with Crippen LogP contribution in [0.3, 0.4) is 0 Å². The molecule has 0 heterocycles. The van der Waals surface area contributed by atoms with E-state index in [2.05, 4.69) is 0 Å². The van der Waals surface area contributed by atoms with Gasteiger partial charge in [-0.05, 0) is 19.1 Å². The molecule has 1 rings (SSSR count). The molecular weight excluding hydrogens is 190 g/mol. The highest BCUT2D eigenvalue weighted by atomic mass is 19.1. The summed E-state index contributed by atoms with van der Waals surface area (Å²) in [7, 11) is 0. The minimum atomic E-state index is -0.726. The van der Waals surface area contributed by atoms with E-state index in [1.165, 1.54) is 6.07 Å². The molecule has 1 N–H and O–H groups in total. The van der Waals surface area contributed by atoms with Crippen molar-refractivity contribution in [2.45, 2.75) is 19.4 Å². The van der Waals surface area contributed by atoms with Crippen molar-refractivity contribution in [3.8, 4) is 5.75 Å². The van der Waals surface area contributed by atoms with E-state index >= 15 is 0 Å². The average molecular weight is 202 g/mol. The number of hydrogen-bond donors (Lipinski definition) is 1. The Hall–Kier alpha value is -1.16. The summed E-state index contributed by atoms with van der Waals surface area (Å²) in [5.74, 6) is -1.35. The van der Waals surface area contributed by atoms with Crippen molar-refractivity contribution >= 4 is 0 Å². The zero-order valence-corrected chi connectivity index (χ0v) is 7.84. The molecule has 2 nitrogen and oxygen atoms in total. The Morgan fingerprint density at radius 1 is 1.43 bits per heavy atom. The molecule has 0 spiro atoms. The van der Waals surface area contributed by atoms with Crippen molar-refractivity contribution in [3.05, 3.63) is 29.8 Å². The van der Waals surface area contributed by atoms with E-state index in [0.29, 0.717) is 6.42 Å². The van der Waals surface area contributed by atoms with Crippen molar-refractivity contribution < 1.29 is 18.6 Å². The predicted octanol–water partition coefficient (Wildman–Crippen LogP) is 2.11. The van der Waals surface area contributed by atoms with Gasteiger partial charge in [0.1, 0.15) is 5.82 Å². The van der Waals surface area contributed by atoms with Crippen molar-refractivity contribution in [2.75, 3.05) is 6.61 Å². The van der Waals surface area contributed by atoms with E-state index in [1.54, 1.807) is 6.92 Å². The number of ether oxygens (including phenoxy) is 1.